The second-order valence-electron chi connectivity index (χ2n) is 5.08. The van der Waals surface area contributed by atoms with Crippen LogP contribution in [0.15, 0.2) is 41.1 Å². The molecule has 1 aromatic heterocycles. The molecule has 20 heavy (non-hydrogen) atoms. The molecule has 1 atom stereocenters. The molecule has 1 unspecified atom stereocenters. The van der Waals surface area contributed by atoms with Crippen molar-refractivity contribution in [3.63, 3.8) is 0 Å². The summed E-state index contributed by atoms with van der Waals surface area (Å²) in [5.74, 6) is 0.819. The Morgan fingerprint density at radius 3 is 2.50 bits per heavy atom. The van der Waals surface area contributed by atoms with Crippen LogP contribution in [0, 0.1) is 0 Å². The predicted molar refractivity (Wildman–Crippen MR) is 84.8 cm³/mol. The Kier molecular flexibility index (Phi) is 3.98. The molecule has 2 heterocycles. The number of halogens is 1. The number of rotatable bonds is 2. The molecule has 0 amide bonds. The highest BCUT2D eigenvalue weighted by Gasteiger charge is 2.17. The number of hydrogen-bond acceptors (Lipinski definition) is 4. The van der Waals surface area contributed by atoms with Crippen LogP contribution in [-0.4, -0.2) is 35.6 Å². The van der Waals surface area contributed by atoms with Gasteiger partial charge in [-0.3, -0.25) is 0 Å². The summed E-state index contributed by atoms with van der Waals surface area (Å²) in [6, 6.07) is 8.67. The van der Waals surface area contributed by atoms with E-state index in [0.717, 1.165) is 41.2 Å². The van der Waals surface area contributed by atoms with Crippen LogP contribution in [0.3, 0.4) is 0 Å². The minimum atomic E-state index is 0.485. The van der Waals surface area contributed by atoms with Gasteiger partial charge in [0.2, 0.25) is 5.95 Å². The fourth-order valence-electron chi connectivity index (χ4n) is 2.39. The first-order chi connectivity index (χ1) is 9.72. The number of benzene rings is 1. The number of piperazine rings is 1. The lowest BCUT2D eigenvalue weighted by atomic mass is 10.1. The van der Waals surface area contributed by atoms with Gasteiger partial charge in [-0.25, -0.2) is 9.97 Å². The largest absolute Gasteiger partial charge is 0.338 e. The van der Waals surface area contributed by atoms with Gasteiger partial charge in [-0.2, -0.15) is 0 Å². The molecule has 0 aliphatic carbocycles. The van der Waals surface area contributed by atoms with Gasteiger partial charge in [-0.05, 0) is 24.6 Å². The molecule has 1 aromatic carbocycles. The molecule has 1 fully saturated rings. The molecule has 3 rings (SSSR count). The van der Waals surface area contributed by atoms with E-state index in [-0.39, 0.29) is 0 Å². The molecule has 1 aliphatic heterocycles. The topological polar surface area (TPSA) is 41.1 Å². The number of hydrogen-bond donors (Lipinski definition) is 1. The maximum absolute atomic E-state index is 4.51. The SMILES string of the molecule is CC1CN(c2ncc(-c3ccc(Br)cc3)cn2)CCN1. The third-order valence-electron chi connectivity index (χ3n) is 3.47. The van der Waals surface area contributed by atoms with E-state index >= 15 is 0 Å². The van der Waals surface area contributed by atoms with Crippen molar-refractivity contribution in [1.82, 2.24) is 15.3 Å². The summed E-state index contributed by atoms with van der Waals surface area (Å²) in [6.45, 7) is 5.08. The minimum Gasteiger partial charge on any atom is -0.338 e. The van der Waals surface area contributed by atoms with Gasteiger partial charge in [0, 0.05) is 48.1 Å². The van der Waals surface area contributed by atoms with E-state index in [1.165, 1.54) is 0 Å². The van der Waals surface area contributed by atoms with Crippen molar-refractivity contribution in [3.05, 3.63) is 41.1 Å². The summed E-state index contributed by atoms with van der Waals surface area (Å²) in [5, 5.41) is 3.42. The number of nitrogens with one attached hydrogen (secondary N) is 1. The Morgan fingerprint density at radius 2 is 1.85 bits per heavy atom. The van der Waals surface area contributed by atoms with Gasteiger partial charge in [0.05, 0.1) is 0 Å². The fourth-order valence-corrected chi connectivity index (χ4v) is 2.65. The van der Waals surface area contributed by atoms with Crippen LogP contribution in [-0.2, 0) is 0 Å². The van der Waals surface area contributed by atoms with E-state index in [9.17, 15) is 0 Å². The lowest BCUT2D eigenvalue weighted by molar-refractivity contribution is 0.479. The van der Waals surface area contributed by atoms with Crippen LogP contribution in [0.2, 0.25) is 0 Å². The van der Waals surface area contributed by atoms with Gasteiger partial charge >= 0.3 is 0 Å². The molecular formula is C15H17BrN4. The van der Waals surface area contributed by atoms with E-state index in [0.29, 0.717) is 6.04 Å². The first-order valence-electron chi connectivity index (χ1n) is 6.79. The van der Waals surface area contributed by atoms with Crippen LogP contribution < -0.4 is 10.2 Å². The molecule has 2 aromatic rings. The van der Waals surface area contributed by atoms with Crippen LogP contribution >= 0.6 is 15.9 Å². The zero-order chi connectivity index (χ0) is 13.9. The second-order valence-corrected chi connectivity index (χ2v) is 6.00. The van der Waals surface area contributed by atoms with Crippen molar-refractivity contribution in [2.75, 3.05) is 24.5 Å². The first-order valence-corrected chi connectivity index (χ1v) is 7.58. The average molecular weight is 333 g/mol. The van der Waals surface area contributed by atoms with Gasteiger partial charge in [0.15, 0.2) is 0 Å². The van der Waals surface area contributed by atoms with Crippen LogP contribution in [0.1, 0.15) is 6.92 Å². The Bertz CT molecular complexity index is 567. The molecule has 0 saturated carbocycles. The molecule has 0 radical (unpaired) electrons. The van der Waals surface area contributed by atoms with Gasteiger partial charge in [-0.1, -0.05) is 28.1 Å². The molecule has 5 heteroatoms. The Labute approximate surface area is 127 Å². The summed E-state index contributed by atoms with van der Waals surface area (Å²) in [7, 11) is 0. The number of anilines is 1. The summed E-state index contributed by atoms with van der Waals surface area (Å²) in [5.41, 5.74) is 2.18. The fraction of sp³-hybridized carbons (Fsp3) is 0.333. The summed E-state index contributed by atoms with van der Waals surface area (Å²) < 4.78 is 1.08. The smallest absolute Gasteiger partial charge is 0.225 e. The lowest BCUT2D eigenvalue weighted by Gasteiger charge is -2.31. The molecule has 4 nitrogen and oxygen atoms in total. The maximum Gasteiger partial charge on any atom is 0.225 e. The van der Waals surface area contributed by atoms with E-state index < -0.39 is 0 Å². The molecule has 1 saturated heterocycles. The Hall–Kier alpha value is -1.46. The average Bonchev–Trinajstić information content (AvgIpc) is 2.48. The lowest BCUT2D eigenvalue weighted by Crippen LogP contribution is -2.49. The highest BCUT2D eigenvalue weighted by molar-refractivity contribution is 9.10. The predicted octanol–water partition coefficient (Wildman–Crippen LogP) is 2.70. The third kappa shape index (κ3) is 2.99. The van der Waals surface area contributed by atoms with Crippen LogP contribution in [0.4, 0.5) is 5.95 Å². The van der Waals surface area contributed by atoms with E-state index in [1.54, 1.807) is 0 Å². The second kappa shape index (κ2) is 5.89. The highest BCUT2D eigenvalue weighted by atomic mass is 79.9. The molecule has 1 N–H and O–H groups in total. The van der Waals surface area contributed by atoms with Crippen LogP contribution in [0.25, 0.3) is 11.1 Å². The standard InChI is InChI=1S/C15H17BrN4/c1-11-10-20(7-6-17-11)15-18-8-13(9-19-15)12-2-4-14(16)5-3-12/h2-5,8-9,11,17H,6-7,10H2,1H3. The van der Waals surface area contributed by atoms with Crippen LogP contribution in [0.5, 0.6) is 0 Å². The molecule has 1 aliphatic rings. The van der Waals surface area contributed by atoms with E-state index in [4.69, 9.17) is 0 Å². The first kappa shape index (κ1) is 13.5. The van der Waals surface area contributed by atoms with Gasteiger partial charge < -0.3 is 10.2 Å². The Morgan fingerprint density at radius 1 is 1.15 bits per heavy atom. The quantitative estimate of drug-likeness (QED) is 0.918. The summed E-state index contributed by atoms with van der Waals surface area (Å²) in [6.07, 6.45) is 3.80. The van der Waals surface area contributed by atoms with Crippen molar-refractivity contribution >= 4 is 21.9 Å². The summed E-state index contributed by atoms with van der Waals surface area (Å²) >= 11 is 3.44. The van der Waals surface area contributed by atoms with E-state index in [1.807, 2.05) is 24.5 Å². The van der Waals surface area contributed by atoms with Crippen molar-refractivity contribution in [2.45, 2.75) is 13.0 Å². The normalized spacial score (nSPS) is 19.1. The van der Waals surface area contributed by atoms with Gasteiger partial charge in [-0.15, -0.1) is 0 Å². The number of nitrogens with zero attached hydrogens (tertiary/aromatic N) is 3. The molecule has 104 valence electrons. The number of aromatic nitrogens is 2. The molecule has 0 spiro atoms. The zero-order valence-corrected chi connectivity index (χ0v) is 13.0. The zero-order valence-electron chi connectivity index (χ0n) is 11.4. The molecule has 0 bridgehead atoms. The third-order valence-corrected chi connectivity index (χ3v) is 4.00. The molecular weight excluding hydrogens is 316 g/mol. The van der Waals surface area contributed by atoms with Gasteiger partial charge in [0.25, 0.3) is 0 Å². The maximum atomic E-state index is 4.51. The van der Waals surface area contributed by atoms with Crippen molar-refractivity contribution < 1.29 is 0 Å². The Balaban J connectivity index is 1.78. The van der Waals surface area contributed by atoms with Crippen molar-refractivity contribution in [1.29, 1.82) is 0 Å². The van der Waals surface area contributed by atoms with E-state index in [2.05, 4.69) is 55.2 Å². The van der Waals surface area contributed by atoms with Crippen molar-refractivity contribution in [3.8, 4) is 11.1 Å². The minimum absolute atomic E-state index is 0.485. The van der Waals surface area contributed by atoms with Crippen molar-refractivity contribution in [2.24, 2.45) is 0 Å². The monoisotopic (exact) mass is 332 g/mol. The summed E-state index contributed by atoms with van der Waals surface area (Å²) in [4.78, 5) is 11.3. The highest BCUT2D eigenvalue weighted by Crippen LogP contribution is 2.21. The van der Waals surface area contributed by atoms with Gasteiger partial charge in [0.1, 0.15) is 0 Å².